The van der Waals surface area contributed by atoms with Crippen LogP contribution in [0.25, 0.3) is 0 Å². The molecule has 1 aromatic carbocycles. The first-order valence-electron chi connectivity index (χ1n) is 9.34. The molecule has 2 aliphatic rings. The fraction of sp³-hybridized carbons (Fsp3) is 0.650. The second-order valence-electron chi connectivity index (χ2n) is 8.28. The van der Waals surface area contributed by atoms with Crippen molar-refractivity contribution in [3.8, 4) is 11.5 Å². The Balaban J connectivity index is 1.71. The molecule has 0 radical (unpaired) electrons. The standard InChI is InChI=1S/C20H30N2O5/c1-20(2,3)27-19(24)22-14-8-17(23)16(22)12-21(11-14)10-13-6-7-15(25-4)9-18(13)26-5/h6-7,9,14,16-17,23H,8,10-12H2,1-5H3/t14?,16?,17-/m1/s1. The summed E-state index contributed by atoms with van der Waals surface area (Å²) in [5, 5.41) is 10.5. The minimum Gasteiger partial charge on any atom is -0.497 e. The SMILES string of the molecule is COc1ccc(CN2CC3C[C@@H](O)C(C2)N3C(=O)OC(C)(C)C)c(OC)c1. The molecular weight excluding hydrogens is 348 g/mol. The summed E-state index contributed by atoms with van der Waals surface area (Å²) in [6, 6.07) is 5.49. The minimum atomic E-state index is -0.547. The van der Waals surface area contributed by atoms with E-state index in [4.69, 9.17) is 14.2 Å². The van der Waals surface area contributed by atoms with Crippen molar-refractivity contribution in [3.63, 3.8) is 0 Å². The largest absolute Gasteiger partial charge is 0.497 e. The first kappa shape index (κ1) is 19.8. The number of rotatable bonds is 4. The van der Waals surface area contributed by atoms with E-state index < -0.39 is 11.7 Å². The molecule has 1 aromatic rings. The molecule has 0 spiro atoms. The van der Waals surface area contributed by atoms with E-state index in [-0.39, 0.29) is 18.2 Å². The molecule has 0 aromatic heterocycles. The van der Waals surface area contributed by atoms with Crippen LogP contribution in [0.3, 0.4) is 0 Å². The van der Waals surface area contributed by atoms with Crippen molar-refractivity contribution in [3.05, 3.63) is 23.8 Å². The van der Waals surface area contributed by atoms with Gasteiger partial charge in [-0.2, -0.15) is 0 Å². The second kappa shape index (κ2) is 7.56. The summed E-state index contributed by atoms with van der Waals surface area (Å²) in [6.07, 6.45) is -0.277. The maximum absolute atomic E-state index is 12.6. The monoisotopic (exact) mass is 378 g/mol. The van der Waals surface area contributed by atoms with Gasteiger partial charge in [-0.25, -0.2) is 4.79 Å². The topological polar surface area (TPSA) is 71.5 Å². The lowest BCUT2D eigenvalue weighted by Gasteiger charge is -2.41. The zero-order valence-electron chi connectivity index (χ0n) is 16.8. The summed E-state index contributed by atoms with van der Waals surface area (Å²) in [5.74, 6) is 1.53. The highest BCUT2D eigenvalue weighted by atomic mass is 16.6. The third-order valence-electron chi connectivity index (χ3n) is 5.12. The van der Waals surface area contributed by atoms with Gasteiger partial charge in [-0.3, -0.25) is 9.80 Å². The minimum absolute atomic E-state index is 0.0437. The van der Waals surface area contributed by atoms with Crippen LogP contribution in [0, 0.1) is 0 Å². The number of fused-ring (bicyclic) bond motifs is 2. The van der Waals surface area contributed by atoms with Gasteiger partial charge in [0, 0.05) is 31.3 Å². The van der Waals surface area contributed by atoms with Gasteiger partial charge in [0.25, 0.3) is 0 Å². The normalized spacial score (nSPS) is 25.4. The highest BCUT2D eigenvalue weighted by molar-refractivity contribution is 5.70. The number of ether oxygens (including phenoxy) is 3. The Hall–Kier alpha value is -1.99. The Morgan fingerprint density at radius 3 is 2.56 bits per heavy atom. The van der Waals surface area contributed by atoms with E-state index >= 15 is 0 Å². The van der Waals surface area contributed by atoms with Crippen LogP contribution in [-0.2, 0) is 11.3 Å². The quantitative estimate of drug-likeness (QED) is 0.867. The summed E-state index contributed by atoms with van der Waals surface area (Å²) in [6.45, 7) is 7.56. The zero-order chi connectivity index (χ0) is 19.8. The predicted octanol–water partition coefficient (Wildman–Crippen LogP) is 2.26. The average molecular weight is 378 g/mol. The number of piperazine rings is 1. The molecule has 2 fully saturated rings. The molecule has 1 N–H and O–H groups in total. The molecule has 1 amide bonds. The molecule has 0 aliphatic carbocycles. The van der Waals surface area contributed by atoms with Gasteiger partial charge >= 0.3 is 6.09 Å². The molecule has 2 aliphatic heterocycles. The summed E-state index contributed by atoms with van der Waals surface area (Å²) in [4.78, 5) is 16.6. The molecule has 2 bridgehead atoms. The molecule has 3 atom stereocenters. The number of amides is 1. The van der Waals surface area contributed by atoms with Crippen molar-refractivity contribution < 1.29 is 24.1 Å². The lowest BCUT2D eigenvalue weighted by Crippen LogP contribution is -2.57. The van der Waals surface area contributed by atoms with Crippen molar-refractivity contribution in [1.82, 2.24) is 9.80 Å². The molecule has 0 saturated carbocycles. The third kappa shape index (κ3) is 4.30. The maximum atomic E-state index is 12.6. The van der Waals surface area contributed by atoms with E-state index in [2.05, 4.69) is 4.90 Å². The lowest BCUT2D eigenvalue weighted by atomic mass is 10.1. The number of benzene rings is 1. The number of carbonyl (C=O) groups excluding carboxylic acids is 1. The number of nitrogens with zero attached hydrogens (tertiary/aromatic N) is 2. The van der Waals surface area contributed by atoms with Crippen molar-refractivity contribution in [1.29, 1.82) is 0 Å². The van der Waals surface area contributed by atoms with Gasteiger partial charge in [0.1, 0.15) is 17.1 Å². The van der Waals surface area contributed by atoms with Crippen LogP contribution in [0.4, 0.5) is 4.79 Å². The first-order valence-corrected chi connectivity index (χ1v) is 9.34. The highest BCUT2D eigenvalue weighted by Gasteiger charge is 2.49. The molecule has 2 unspecified atom stereocenters. The van der Waals surface area contributed by atoms with Crippen molar-refractivity contribution in [2.75, 3.05) is 27.3 Å². The second-order valence-corrected chi connectivity index (χ2v) is 8.28. The van der Waals surface area contributed by atoms with Crippen LogP contribution in [0.2, 0.25) is 0 Å². The molecular formula is C20H30N2O5. The fourth-order valence-electron chi connectivity index (χ4n) is 3.97. The van der Waals surface area contributed by atoms with E-state index in [0.29, 0.717) is 26.1 Å². The molecule has 3 rings (SSSR count). The van der Waals surface area contributed by atoms with Crippen LogP contribution in [0.1, 0.15) is 32.8 Å². The summed E-state index contributed by atoms with van der Waals surface area (Å²) in [7, 11) is 3.27. The van der Waals surface area contributed by atoms with Gasteiger partial charge in [-0.05, 0) is 33.3 Å². The number of hydrogen-bond acceptors (Lipinski definition) is 6. The van der Waals surface area contributed by atoms with Crippen molar-refractivity contribution in [2.24, 2.45) is 0 Å². The fourth-order valence-corrected chi connectivity index (χ4v) is 3.97. The third-order valence-corrected chi connectivity index (χ3v) is 5.12. The number of carbonyl (C=O) groups is 1. The molecule has 7 heteroatoms. The number of hydrogen-bond donors (Lipinski definition) is 1. The summed E-state index contributed by atoms with van der Waals surface area (Å²) >= 11 is 0. The van der Waals surface area contributed by atoms with Gasteiger partial charge in [0.05, 0.1) is 32.4 Å². The number of aliphatic hydroxyl groups excluding tert-OH is 1. The molecule has 2 heterocycles. The van der Waals surface area contributed by atoms with Crippen LogP contribution >= 0.6 is 0 Å². The van der Waals surface area contributed by atoms with Crippen LogP contribution in [0.5, 0.6) is 11.5 Å². The van der Waals surface area contributed by atoms with Gasteiger partial charge in [-0.1, -0.05) is 6.07 Å². The van der Waals surface area contributed by atoms with E-state index in [0.717, 1.165) is 17.1 Å². The maximum Gasteiger partial charge on any atom is 0.410 e. The Labute approximate surface area is 160 Å². The number of likely N-dealkylation sites (tertiary alicyclic amines) is 1. The predicted molar refractivity (Wildman–Crippen MR) is 101 cm³/mol. The van der Waals surface area contributed by atoms with Crippen LogP contribution in [0.15, 0.2) is 18.2 Å². The van der Waals surface area contributed by atoms with Gasteiger partial charge in [-0.15, -0.1) is 0 Å². The van der Waals surface area contributed by atoms with Crippen LogP contribution in [-0.4, -0.2) is 72.1 Å². The van der Waals surface area contributed by atoms with E-state index in [1.165, 1.54) is 0 Å². The van der Waals surface area contributed by atoms with Gasteiger partial charge < -0.3 is 19.3 Å². The van der Waals surface area contributed by atoms with E-state index in [1.807, 2.05) is 39.0 Å². The molecule has 27 heavy (non-hydrogen) atoms. The Morgan fingerprint density at radius 1 is 1.22 bits per heavy atom. The van der Waals surface area contributed by atoms with Gasteiger partial charge in [0.15, 0.2) is 0 Å². The molecule has 7 nitrogen and oxygen atoms in total. The van der Waals surface area contributed by atoms with Gasteiger partial charge in [0.2, 0.25) is 0 Å². The Kier molecular flexibility index (Phi) is 5.53. The summed E-state index contributed by atoms with van der Waals surface area (Å²) in [5.41, 5.74) is 0.507. The number of aliphatic hydroxyl groups is 1. The Morgan fingerprint density at radius 2 is 1.96 bits per heavy atom. The first-order chi connectivity index (χ1) is 12.7. The highest BCUT2D eigenvalue weighted by Crippen LogP contribution is 2.34. The molecule has 2 saturated heterocycles. The average Bonchev–Trinajstić information content (AvgIpc) is 2.80. The Bertz CT molecular complexity index is 687. The van der Waals surface area contributed by atoms with E-state index in [9.17, 15) is 9.90 Å². The number of methoxy groups -OCH3 is 2. The lowest BCUT2D eigenvalue weighted by molar-refractivity contribution is -0.0144. The zero-order valence-corrected chi connectivity index (χ0v) is 16.8. The van der Waals surface area contributed by atoms with E-state index in [1.54, 1.807) is 19.1 Å². The van der Waals surface area contributed by atoms with Crippen LogP contribution < -0.4 is 9.47 Å². The van der Waals surface area contributed by atoms with Crippen molar-refractivity contribution in [2.45, 2.75) is 57.5 Å². The van der Waals surface area contributed by atoms with Crippen molar-refractivity contribution >= 4 is 6.09 Å². The smallest absolute Gasteiger partial charge is 0.410 e. The molecule has 150 valence electrons. The summed E-state index contributed by atoms with van der Waals surface area (Å²) < 4.78 is 16.3.